The molecule has 16 nitrogen and oxygen atoms in total. The number of nitrogens with zero attached hydrogens (tertiary/aromatic N) is 6. The van der Waals surface area contributed by atoms with Gasteiger partial charge in [-0.3, -0.25) is 40.5 Å². The van der Waals surface area contributed by atoms with Gasteiger partial charge in [-0.15, -0.1) is 0 Å². The average molecular weight is 332 g/mol. The average Bonchev–Trinajstić information content (AvgIpc) is 2.43. The van der Waals surface area contributed by atoms with E-state index in [1.807, 2.05) is 0 Å². The molecule has 0 atom stereocenters. The highest BCUT2D eigenvalue weighted by Crippen LogP contribution is 2.48. The predicted molar refractivity (Wildman–Crippen MR) is 68.5 cm³/mol. The van der Waals surface area contributed by atoms with Gasteiger partial charge in [-0.05, 0) is 0 Å². The number of hydrazine groups is 1. The Morgan fingerprint density at radius 1 is 0.739 bits per heavy atom. The third kappa shape index (κ3) is 2.89. The minimum Gasteiger partial charge on any atom is -0.258 e. The second-order valence-corrected chi connectivity index (χ2v) is 3.75. The van der Waals surface area contributed by atoms with Crippen molar-refractivity contribution in [3.63, 3.8) is 0 Å². The zero-order valence-corrected chi connectivity index (χ0v) is 10.8. The molecule has 0 heterocycles. The van der Waals surface area contributed by atoms with Gasteiger partial charge in [0.25, 0.3) is 5.69 Å². The summed E-state index contributed by atoms with van der Waals surface area (Å²) in [6, 6.07) is 0.0560. The molecule has 0 saturated heterocycles. The van der Waals surface area contributed by atoms with Crippen LogP contribution in [0, 0.1) is 50.6 Å². The standard InChI is InChI=1S/C7H4N6O10/c1-8(13(22)23)5-3(9(14)15)2-4(10(16)17)6(11(18)19)7(5)12(20)21/h2H,1H3. The van der Waals surface area contributed by atoms with Crippen molar-refractivity contribution in [2.45, 2.75) is 0 Å². The van der Waals surface area contributed by atoms with E-state index in [1.165, 1.54) is 0 Å². The molecule has 0 amide bonds. The van der Waals surface area contributed by atoms with Crippen molar-refractivity contribution in [1.29, 1.82) is 0 Å². The normalized spacial score (nSPS) is 9.96. The molecule has 0 aromatic heterocycles. The van der Waals surface area contributed by atoms with Crippen molar-refractivity contribution in [2.75, 3.05) is 12.1 Å². The van der Waals surface area contributed by atoms with Gasteiger partial charge >= 0.3 is 22.7 Å². The SMILES string of the molecule is CN(c1c([N+](=O)[O-])cc([N+](=O)[O-])c([N+](=O)[O-])c1[N+](=O)[O-])[N+](=O)[O-]. The molecule has 0 unspecified atom stereocenters. The van der Waals surface area contributed by atoms with Crippen molar-refractivity contribution < 1.29 is 24.7 Å². The molecule has 16 heteroatoms. The molecule has 0 aliphatic carbocycles. The first-order valence-electron chi connectivity index (χ1n) is 5.17. The summed E-state index contributed by atoms with van der Waals surface area (Å²) in [6.07, 6.45) is 0. The van der Waals surface area contributed by atoms with Crippen LogP contribution in [0.4, 0.5) is 28.4 Å². The smallest absolute Gasteiger partial charge is 0.258 e. The summed E-state index contributed by atoms with van der Waals surface area (Å²) in [6.45, 7) is 0. The third-order valence-electron chi connectivity index (χ3n) is 2.53. The van der Waals surface area contributed by atoms with Gasteiger partial charge in [-0.1, -0.05) is 5.01 Å². The van der Waals surface area contributed by atoms with Gasteiger partial charge in [0.2, 0.25) is 0 Å². The summed E-state index contributed by atoms with van der Waals surface area (Å²) >= 11 is 0. The van der Waals surface area contributed by atoms with Gasteiger partial charge in [0.05, 0.1) is 26.7 Å². The summed E-state index contributed by atoms with van der Waals surface area (Å²) in [5, 5.41) is 52.9. The molecule has 122 valence electrons. The van der Waals surface area contributed by atoms with E-state index >= 15 is 0 Å². The number of rotatable bonds is 6. The van der Waals surface area contributed by atoms with E-state index in [0.717, 1.165) is 0 Å². The lowest BCUT2D eigenvalue weighted by Crippen LogP contribution is -2.26. The maximum absolute atomic E-state index is 11.0. The first kappa shape index (κ1) is 17.1. The van der Waals surface area contributed by atoms with Gasteiger partial charge in [-0.2, -0.15) is 0 Å². The predicted octanol–water partition coefficient (Wildman–Crippen LogP) is 0.947. The fraction of sp³-hybridized carbons (Fsp3) is 0.143. The zero-order valence-electron chi connectivity index (χ0n) is 10.8. The molecular weight excluding hydrogens is 328 g/mol. The number of benzene rings is 1. The van der Waals surface area contributed by atoms with Crippen molar-refractivity contribution in [3.05, 3.63) is 56.6 Å². The van der Waals surface area contributed by atoms with Crippen LogP contribution in [0.25, 0.3) is 0 Å². The van der Waals surface area contributed by atoms with Crippen molar-refractivity contribution >= 4 is 28.4 Å². The first-order valence-corrected chi connectivity index (χ1v) is 5.17. The lowest BCUT2D eigenvalue weighted by molar-refractivity contribution is -0.494. The van der Waals surface area contributed by atoms with Gasteiger partial charge < -0.3 is 0 Å². The highest BCUT2D eigenvalue weighted by atomic mass is 16.7. The molecule has 0 bridgehead atoms. The van der Waals surface area contributed by atoms with Crippen LogP contribution >= 0.6 is 0 Å². The highest BCUT2D eigenvalue weighted by molar-refractivity contribution is 5.86. The Kier molecular flexibility index (Phi) is 4.30. The molecule has 0 N–H and O–H groups in total. The second kappa shape index (κ2) is 5.79. The largest absolute Gasteiger partial charge is 0.425 e. The Hall–Kier alpha value is -3.98. The van der Waals surface area contributed by atoms with Crippen LogP contribution in [-0.4, -0.2) is 31.8 Å². The number of anilines is 1. The third-order valence-corrected chi connectivity index (χ3v) is 2.53. The van der Waals surface area contributed by atoms with Crippen LogP contribution in [0.3, 0.4) is 0 Å². The summed E-state index contributed by atoms with van der Waals surface area (Å²) in [7, 11) is 0.560. The fourth-order valence-corrected chi connectivity index (χ4v) is 1.65. The molecule has 0 spiro atoms. The van der Waals surface area contributed by atoms with Crippen LogP contribution in [0.2, 0.25) is 0 Å². The lowest BCUT2D eigenvalue weighted by Gasteiger charge is -2.09. The van der Waals surface area contributed by atoms with Crippen LogP contribution in [0.5, 0.6) is 0 Å². The van der Waals surface area contributed by atoms with E-state index < -0.39 is 53.2 Å². The summed E-state index contributed by atoms with van der Waals surface area (Å²) < 4.78 is 0. The summed E-state index contributed by atoms with van der Waals surface area (Å²) in [4.78, 5) is 48.5. The van der Waals surface area contributed by atoms with E-state index in [4.69, 9.17) is 0 Å². The Bertz CT molecular complexity index is 759. The van der Waals surface area contributed by atoms with Crippen molar-refractivity contribution in [2.24, 2.45) is 0 Å². The number of hydrogen-bond donors (Lipinski definition) is 0. The number of hydrogen-bond acceptors (Lipinski definition) is 10. The van der Waals surface area contributed by atoms with E-state index in [9.17, 15) is 50.6 Å². The van der Waals surface area contributed by atoms with Gasteiger partial charge in [-0.25, -0.2) is 10.1 Å². The van der Waals surface area contributed by atoms with Gasteiger partial charge in [0.1, 0.15) is 6.07 Å². The molecule has 1 aromatic rings. The van der Waals surface area contributed by atoms with Crippen molar-refractivity contribution in [3.8, 4) is 0 Å². The van der Waals surface area contributed by atoms with Gasteiger partial charge in [0, 0.05) is 0 Å². The zero-order chi connectivity index (χ0) is 18.1. The van der Waals surface area contributed by atoms with Crippen LogP contribution in [-0.2, 0) is 0 Å². The maximum atomic E-state index is 11.0. The van der Waals surface area contributed by atoms with E-state index in [1.54, 1.807) is 0 Å². The molecule has 0 fully saturated rings. The monoisotopic (exact) mass is 332 g/mol. The quantitative estimate of drug-likeness (QED) is 0.526. The summed E-state index contributed by atoms with van der Waals surface area (Å²) in [5.74, 6) is 0. The second-order valence-electron chi connectivity index (χ2n) is 3.75. The number of nitro benzene ring substituents is 4. The van der Waals surface area contributed by atoms with Crippen molar-refractivity contribution in [1.82, 2.24) is 0 Å². The van der Waals surface area contributed by atoms with Crippen LogP contribution in [0.1, 0.15) is 0 Å². The molecule has 1 rings (SSSR count). The molecular formula is C7H4N6O10. The van der Waals surface area contributed by atoms with E-state index in [0.29, 0.717) is 7.05 Å². The van der Waals surface area contributed by atoms with Gasteiger partial charge in [0.15, 0.2) is 5.03 Å². The minimum atomic E-state index is -1.73. The Labute approximate surface area is 123 Å². The molecule has 0 aliphatic rings. The lowest BCUT2D eigenvalue weighted by atomic mass is 10.1. The fourth-order valence-electron chi connectivity index (χ4n) is 1.65. The van der Waals surface area contributed by atoms with E-state index in [2.05, 4.69) is 0 Å². The molecule has 1 aromatic carbocycles. The maximum Gasteiger partial charge on any atom is 0.425 e. The Morgan fingerprint density at radius 3 is 1.48 bits per heavy atom. The first-order chi connectivity index (χ1) is 10.5. The minimum absolute atomic E-state index is 0.0560. The molecule has 23 heavy (non-hydrogen) atoms. The van der Waals surface area contributed by atoms with E-state index in [-0.39, 0.29) is 11.1 Å². The number of nitro groups is 5. The van der Waals surface area contributed by atoms with Crippen LogP contribution < -0.4 is 5.01 Å². The Morgan fingerprint density at radius 2 is 1.17 bits per heavy atom. The molecule has 0 aliphatic heterocycles. The topological polar surface area (TPSA) is 219 Å². The molecule has 0 radical (unpaired) electrons. The highest BCUT2D eigenvalue weighted by Gasteiger charge is 2.48. The Balaban J connectivity index is 4.14. The van der Waals surface area contributed by atoms with Crippen LogP contribution in [0.15, 0.2) is 6.07 Å². The summed E-state index contributed by atoms with van der Waals surface area (Å²) in [5.41, 5.74) is -7.71. The molecule has 0 saturated carbocycles.